The molecular formula is C5H17N3O2. The SMILES string of the molecule is C=CC(=O)OCC.N.N.N. The molecule has 0 amide bonds. The van der Waals surface area contributed by atoms with E-state index in [2.05, 4.69) is 11.3 Å². The molecule has 0 bridgehead atoms. The quantitative estimate of drug-likeness (QED) is 0.403. The minimum Gasteiger partial charge on any atom is -0.463 e. The van der Waals surface area contributed by atoms with Crippen LogP contribution in [0.5, 0.6) is 0 Å². The van der Waals surface area contributed by atoms with E-state index in [1.54, 1.807) is 6.92 Å². The van der Waals surface area contributed by atoms with Crippen LogP contribution < -0.4 is 18.5 Å². The molecule has 0 aromatic carbocycles. The average molecular weight is 151 g/mol. The van der Waals surface area contributed by atoms with Crippen LogP contribution >= 0.6 is 0 Å². The van der Waals surface area contributed by atoms with Gasteiger partial charge >= 0.3 is 5.97 Å². The number of esters is 1. The molecule has 0 saturated heterocycles. The van der Waals surface area contributed by atoms with Gasteiger partial charge in [0.2, 0.25) is 0 Å². The number of carbonyl (C=O) groups excluding carboxylic acids is 1. The molecule has 0 spiro atoms. The van der Waals surface area contributed by atoms with Crippen LogP contribution in [0.4, 0.5) is 0 Å². The Morgan fingerprint density at radius 3 is 2.00 bits per heavy atom. The van der Waals surface area contributed by atoms with Gasteiger partial charge in [0, 0.05) is 6.08 Å². The van der Waals surface area contributed by atoms with Crippen molar-refractivity contribution in [3.8, 4) is 0 Å². The van der Waals surface area contributed by atoms with E-state index in [0.717, 1.165) is 6.08 Å². The fraction of sp³-hybridized carbons (Fsp3) is 0.400. The molecule has 10 heavy (non-hydrogen) atoms. The van der Waals surface area contributed by atoms with E-state index in [9.17, 15) is 4.79 Å². The van der Waals surface area contributed by atoms with Crippen molar-refractivity contribution in [1.82, 2.24) is 18.5 Å². The third-order valence-corrected chi connectivity index (χ3v) is 0.453. The Hall–Kier alpha value is -0.910. The Bertz CT molecular complexity index is 85.0. The van der Waals surface area contributed by atoms with Crippen molar-refractivity contribution < 1.29 is 9.53 Å². The number of ether oxygens (including phenoxy) is 1. The largest absolute Gasteiger partial charge is 0.463 e. The van der Waals surface area contributed by atoms with Gasteiger partial charge in [-0.05, 0) is 6.92 Å². The number of carbonyl (C=O) groups is 1. The minimum absolute atomic E-state index is 0. The van der Waals surface area contributed by atoms with Crippen molar-refractivity contribution in [2.75, 3.05) is 6.61 Å². The Labute approximate surface area is 61.2 Å². The van der Waals surface area contributed by atoms with Gasteiger partial charge < -0.3 is 23.2 Å². The van der Waals surface area contributed by atoms with Crippen LogP contribution in [0.25, 0.3) is 0 Å². The van der Waals surface area contributed by atoms with Gasteiger partial charge in [-0.1, -0.05) is 6.58 Å². The molecule has 0 rings (SSSR count). The van der Waals surface area contributed by atoms with Crippen LogP contribution in [-0.4, -0.2) is 12.6 Å². The Morgan fingerprint density at radius 2 is 1.90 bits per heavy atom. The Kier molecular flexibility index (Phi) is 36.0. The lowest BCUT2D eigenvalue weighted by molar-refractivity contribution is -0.137. The summed E-state index contributed by atoms with van der Waals surface area (Å²) in [4.78, 5) is 10.1. The summed E-state index contributed by atoms with van der Waals surface area (Å²) in [5.41, 5.74) is 0. The number of rotatable bonds is 2. The first-order chi connectivity index (χ1) is 3.31. The van der Waals surface area contributed by atoms with Gasteiger partial charge in [0.1, 0.15) is 0 Å². The summed E-state index contributed by atoms with van der Waals surface area (Å²) in [5, 5.41) is 0. The zero-order valence-electron chi connectivity index (χ0n) is 6.43. The van der Waals surface area contributed by atoms with Crippen LogP contribution in [0.3, 0.4) is 0 Å². The van der Waals surface area contributed by atoms with Crippen LogP contribution in [0, 0.1) is 0 Å². The molecule has 5 heteroatoms. The van der Waals surface area contributed by atoms with E-state index >= 15 is 0 Å². The molecular weight excluding hydrogens is 134 g/mol. The van der Waals surface area contributed by atoms with E-state index in [4.69, 9.17) is 0 Å². The molecule has 5 nitrogen and oxygen atoms in total. The van der Waals surface area contributed by atoms with Crippen LogP contribution in [0.15, 0.2) is 12.7 Å². The lowest BCUT2D eigenvalue weighted by Crippen LogP contribution is -1.97. The van der Waals surface area contributed by atoms with Crippen molar-refractivity contribution in [3.63, 3.8) is 0 Å². The highest BCUT2D eigenvalue weighted by atomic mass is 16.5. The van der Waals surface area contributed by atoms with Gasteiger partial charge in [-0.15, -0.1) is 0 Å². The van der Waals surface area contributed by atoms with E-state index in [-0.39, 0.29) is 24.4 Å². The standard InChI is InChI=1S/C5H8O2.3H3N/c1-3-5(6)7-4-2;;;/h3H,1,4H2,2H3;3*1H3. The molecule has 0 aromatic heterocycles. The Morgan fingerprint density at radius 1 is 1.50 bits per heavy atom. The minimum atomic E-state index is -0.359. The molecule has 0 saturated carbocycles. The molecule has 0 fully saturated rings. The second-order valence-electron chi connectivity index (χ2n) is 0.956. The fourth-order valence-corrected chi connectivity index (χ4v) is 0.201. The van der Waals surface area contributed by atoms with E-state index in [0.29, 0.717) is 6.61 Å². The molecule has 0 aromatic rings. The van der Waals surface area contributed by atoms with Crippen LogP contribution in [0.2, 0.25) is 0 Å². The molecule has 0 radical (unpaired) electrons. The molecule has 9 N–H and O–H groups in total. The maximum atomic E-state index is 10.1. The molecule has 0 heterocycles. The first-order valence-corrected chi connectivity index (χ1v) is 2.10. The summed E-state index contributed by atoms with van der Waals surface area (Å²) in [7, 11) is 0. The van der Waals surface area contributed by atoms with Gasteiger partial charge in [0.15, 0.2) is 0 Å². The first-order valence-electron chi connectivity index (χ1n) is 2.10. The monoisotopic (exact) mass is 151 g/mol. The highest BCUT2D eigenvalue weighted by molar-refractivity contribution is 5.81. The van der Waals surface area contributed by atoms with Gasteiger partial charge in [0.05, 0.1) is 6.61 Å². The smallest absolute Gasteiger partial charge is 0.330 e. The predicted octanol–water partition coefficient (Wildman–Crippen LogP) is 1.22. The van der Waals surface area contributed by atoms with Gasteiger partial charge in [-0.3, -0.25) is 0 Å². The van der Waals surface area contributed by atoms with Crippen molar-refractivity contribution in [3.05, 3.63) is 12.7 Å². The van der Waals surface area contributed by atoms with E-state index in [1.165, 1.54) is 0 Å². The lowest BCUT2D eigenvalue weighted by atomic mass is 10.6. The number of hydrogen-bond acceptors (Lipinski definition) is 5. The average Bonchev–Trinajstić information content (AvgIpc) is 1.68. The molecule has 0 aliphatic rings. The van der Waals surface area contributed by atoms with Gasteiger partial charge in [-0.25, -0.2) is 4.79 Å². The normalized spacial score (nSPS) is 5.30. The molecule has 0 atom stereocenters. The van der Waals surface area contributed by atoms with Crippen molar-refractivity contribution in [2.24, 2.45) is 0 Å². The molecule has 0 aliphatic carbocycles. The summed E-state index contributed by atoms with van der Waals surface area (Å²) in [6.45, 7) is 5.38. The van der Waals surface area contributed by atoms with Crippen LogP contribution in [0.1, 0.15) is 6.92 Å². The summed E-state index contributed by atoms with van der Waals surface area (Å²) in [6, 6.07) is 0. The van der Waals surface area contributed by atoms with Gasteiger partial charge in [0.25, 0.3) is 0 Å². The summed E-state index contributed by atoms with van der Waals surface area (Å²) in [5.74, 6) is -0.359. The topological polar surface area (TPSA) is 131 Å². The van der Waals surface area contributed by atoms with E-state index < -0.39 is 0 Å². The first kappa shape index (κ1) is 23.0. The van der Waals surface area contributed by atoms with E-state index in [1.807, 2.05) is 0 Å². The fourth-order valence-electron chi connectivity index (χ4n) is 0.201. The molecule has 0 aliphatic heterocycles. The summed E-state index contributed by atoms with van der Waals surface area (Å²) < 4.78 is 4.43. The second-order valence-corrected chi connectivity index (χ2v) is 0.956. The van der Waals surface area contributed by atoms with Crippen molar-refractivity contribution in [2.45, 2.75) is 6.92 Å². The number of hydrogen-bond donors (Lipinski definition) is 3. The van der Waals surface area contributed by atoms with Gasteiger partial charge in [-0.2, -0.15) is 0 Å². The molecule has 64 valence electrons. The highest BCUT2D eigenvalue weighted by Crippen LogP contribution is 1.74. The van der Waals surface area contributed by atoms with Crippen LogP contribution in [-0.2, 0) is 9.53 Å². The second kappa shape index (κ2) is 15.7. The summed E-state index contributed by atoms with van der Waals surface area (Å²) in [6.07, 6.45) is 1.14. The summed E-state index contributed by atoms with van der Waals surface area (Å²) >= 11 is 0. The highest BCUT2D eigenvalue weighted by Gasteiger charge is 1.86. The maximum Gasteiger partial charge on any atom is 0.330 e. The van der Waals surface area contributed by atoms with Crippen molar-refractivity contribution in [1.29, 1.82) is 0 Å². The third kappa shape index (κ3) is 15.7. The lowest BCUT2D eigenvalue weighted by Gasteiger charge is -1.90. The Balaban J connectivity index is -0.0000000600. The zero-order chi connectivity index (χ0) is 5.70. The zero-order valence-corrected chi connectivity index (χ0v) is 6.43. The predicted molar refractivity (Wildman–Crippen MR) is 41.9 cm³/mol. The van der Waals surface area contributed by atoms with Crippen molar-refractivity contribution >= 4 is 5.97 Å². The third-order valence-electron chi connectivity index (χ3n) is 0.453. The maximum absolute atomic E-state index is 10.1. The molecule has 0 unspecified atom stereocenters.